The summed E-state index contributed by atoms with van der Waals surface area (Å²) in [6, 6.07) is 2.65. The van der Waals surface area contributed by atoms with Crippen LogP contribution in [0.5, 0.6) is 0 Å². The Labute approximate surface area is 131 Å². The Balaban J connectivity index is 3.26. The number of ether oxygens (including phenoxy) is 1. The predicted molar refractivity (Wildman–Crippen MR) is 78.9 cm³/mol. The minimum absolute atomic E-state index is 0.230. The highest BCUT2D eigenvalue weighted by Gasteiger charge is 2.29. The summed E-state index contributed by atoms with van der Waals surface area (Å²) in [6.07, 6.45) is -1.40. The molecule has 8 nitrogen and oxygen atoms in total. The van der Waals surface area contributed by atoms with Gasteiger partial charge in [-0.25, -0.2) is 9.18 Å². The van der Waals surface area contributed by atoms with Crippen molar-refractivity contribution in [2.75, 3.05) is 11.4 Å². The molecule has 1 rings (SSSR count). The average Bonchev–Trinajstić information content (AvgIpc) is 2.37. The first-order valence-electron chi connectivity index (χ1n) is 6.67. The molecule has 0 radical (unpaired) electrons. The molecule has 0 spiro atoms. The zero-order chi connectivity index (χ0) is 17.8. The molecule has 9 heteroatoms. The molecule has 0 fully saturated rings. The second-order valence-electron chi connectivity index (χ2n) is 5.67. The van der Waals surface area contributed by atoms with Crippen LogP contribution in [0.3, 0.4) is 0 Å². The van der Waals surface area contributed by atoms with Crippen LogP contribution in [0.4, 0.5) is 20.6 Å². The summed E-state index contributed by atoms with van der Waals surface area (Å²) in [5.74, 6) is -2.04. The van der Waals surface area contributed by atoms with Crippen molar-refractivity contribution in [1.29, 1.82) is 0 Å². The molecule has 0 bridgehead atoms. The minimum atomic E-state index is -1.19. The van der Waals surface area contributed by atoms with Crippen molar-refractivity contribution < 1.29 is 28.7 Å². The van der Waals surface area contributed by atoms with Gasteiger partial charge in [0.05, 0.1) is 17.4 Å². The van der Waals surface area contributed by atoms with Crippen molar-refractivity contribution in [3.63, 3.8) is 0 Å². The molecule has 0 atom stereocenters. The number of nitro groups is 1. The van der Waals surface area contributed by atoms with Crippen molar-refractivity contribution in [2.24, 2.45) is 0 Å². The number of amides is 1. The zero-order valence-electron chi connectivity index (χ0n) is 12.9. The van der Waals surface area contributed by atoms with Crippen molar-refractivity contribution >= 4 is 23.4 Å². The standard InChI is InChI=1S/C14H17FN2O6/c1-14(2,3)23-13(20)16(7-6-12(18)19)10-5-4-9(15)8-11(10)17(21)22/h4-5,8H,6-7H2,1-3H3,(H,18,19). The number of aliphatic carboxylic acids is 1. The van der Waals surface area contributed by atoms with Gasteiger partial charge in [0.25, 0.3) is 5.69 Å². The first kappa shape index (κ1) is 18.3. The summed E-state index contributed by atoms with van der Waals surface area (Å²) in [6.45, 7) is 4.44. The summed E-state index contributed by atoms with van der Waals surface area (Å²) in [5.41, 5.74) is -1.76. The maximum absolute atomic E-state index is 13.2. The molecule has 126 valence electrons. The van der Waals surface area contributed by atoms with Gasteiger partial charge in [0.2, 0.25) is 0 Å². The van der Waals surface area contributed by atoms with Crippen molar-refractivity contribution in [1.82, 2.24) is 0 Å². The summed E-state index contributed by atoms with van der Waals surface area (Å²) in [4.78, 5) is 34.0. The molecule has 0 aliphatic rings. The van der Waals surface area contributed by atoms with Gasteiger partial charge in [-0.2, -0.15) is 0 Å². The number of nitro benzene ring substituents is 1. The third kappa shape index (κ3) is 5.53. The van der Waals surface area contributed by atoms with Crippen LogP contribution in [0.1, 0.15) is 27.2 Å². The van der Waals surface area contributed by atoms with Crippen LogP contribution in [0.2, 0.25) is 0 Å². The molecule has 0 saturated carbocycles. The summed E-state index contributed by atoms with van der Waals surface area (Å²) < 4.78 is 18.4. The van der Waals surface area contributed by atoms with E-state index in [1.54, 1.807) is 20.8 Å². The fourth-order valence-electron chi connectivity index (χ4n) is 1.71. The second-order valence-corrected chi connectivity index (χ2v) is 5.67. The Bertz CT molecular complexity index is 626. The molecule has 1 aromatic carbocycles. The number of carboxylic acids is 1. The van der Waals surface area contributed by atoms with E-state index in [0.717, 1.165) is 17.0 Å². The largest absolute Gasteiger partial charge is 0.481 e. The average molecular weight is 328 g/mol. The van der Waals surface area contributed by atoms with Crippen LogP contribution < -0.4 is 4.90 Å². The third-order valence-electron chi connectivity index (χ3n) is 2.59. The van der Waals surface area contributed by atoms with E-state index in [9.17, 15) is 24.1 Å². The highest BCUT2D eigenvalue weighted by Crippen LogP contribution is 2.30. The number of carboxylic acid groups (broad SMARTS) is 1. The molecular weight excluding hydrogens is 311 g/mol. The van der Waals surface area contributed by atoms with E-state index in [4.69, 9.17) is 9.84 Å². The number of benzene rings is 1. The second kappa shape index (κ2) is 7.03. The van der Waals surface area contributed by atoms with Crippen molar-refractivity contribution in [2.45, 2.75) is 32.8 Å². The lowest BCUT2D eigenvalue weighted by molar-refractivity contribution is -0.384. The number of anilines is 1. The molecule has 1 amide bonds. The van der Waals surface area contributed by atoms with E-state index in [1.165, 1.54) is 0 Å². The highest BCUT2D eigenvalue weighted by atomic mass is 19.1. The van der Waals surface area contributed by atoms with Gasteiger partial charge in [-0.05, 0) is 32.9 Å². The maximum Gasteiger partial charge on any atom is 0.415 e. The smallest absolute Gasteiger partial charge is 0.415 e. The van der Waals surface area contributed by atoms with Crippen LogP contribution in [0.15, 0.2) is 18.2 Å². The monoisotopic (exact) mass is 328 g/mol. The summed E-state index contributed by atoms with van der Waals surface area (Å²) in [7, 11) is 0. The first-order chi connectivity index (χ1) is 10.5. The number of rotatable bonds is 5. The topological polar surface area (TPSA) is 110 Å². The Morgan fingerprint density at radius 1 is 1.39 bits per heavy atom. The third-order valence-corrected chi connectivity index (χ3v) is 2.59. The summed E-state index contributed by atoms with van der Waals surface area (Å²) in [5, 5.41) is 19.8. The van der Waals surface area contributed by atoms with E-state index >= 15 is 0 Å². The lowest BCUT2D eigenvalue weighted by Gasteiger charge is -2.26. The molecule has 0 heterocycles. The van der Waals surface area contributed by atoms with Gasteiger partial charge in [0, 0.05) is 6.54 Å². The summed E-state index contributed by atoms with van der Waals surface area (Å²) >= 11 is 0. The number of hydrogen-bond donors (Lipinski definition) is 1. The molecule has 23 heavy (non-hydrogen) atoms. The first-order valence-corrected chi connectivity index (χ1v) is 6.67. The Kier molecular flexibility index (Phi) is 5.61. The van der Waals surface area contributed by atoms with E-state index in [0.29, 0.717) is 6.07 Å². The van der Waals surface area contributed by atoms with Gasteiger partial charge in [-0.1, -0.05) is 0 Å². The Hall–Kier alpha value is -2.71. The maximum atomic E-state index is 13.2. The fourth-order valence-corrected chi connectivity index (χ4v) is 1.71. The van der Waals surface area contributed by atoms with Gasteiger partial charge >= 0.3 is 12.1 Å². The quantitative estimate of drug-likeness (QED) is 0.657. The highest BCUT2D eigenvalue weighted by molar-refractivity contribution is 5.91. The number of carbonyl (C=O) groups is 2. The molecule has 0 aliphatic heterocycles. The van der Waals surface area contributed by atoms with Crippen molar-refractivity contribution in [3.8, 4) is 0 Å². The molecular formula is C14H17FN2O6. The van der Waals surface area contributed by atoms with Gasteiger partial charge < -0.3 is 9.84 Å². The van der Waals surface area contributed by atoms with Crippen LogP contribution in [-0.4, -0.2) is 34.2 Å². The van der Waals surface area contributed by atoms with Gasteiger partial charge in [0.15, 0.2) is 0 Å². The number of hydrogen-bond acceptors (Lipinski definition) is 5. The molecule has 1 N–H and O–H groups in total. The fraction of sp³-hybridized carbons (Fsp3) is 0.429. The van der Waals surface area contributed by atoms with E-state index in [-0.39, 0.29) is 12.2 Å². The molecule has 0 aliphatic carbocycles. The van der Waals surface area contributed by atoms with Crippen molar-refractivity contribution in [3.05, 3.63) is 34.1 Å². The molecule has 1 aromatic rings. The number of carbonyl (C=O) groups excluding carboxylic acids is 1. The van der Waals surface area contributed by atoms with E-state index in [1.807, 2.05) is 0 Å². The van der Waals surface area contributed by atoms with Gasteiger partial charge in [0.1, 0.15) is 17.1 Å². The van der Waals surface area contributed by atoms with Crippen LogP contribution in [0, 0.1) is 15.9 Å². The predicted octanol–water partition coefficient (Wildman–Crippen LogP) is 2.95. The Morgan fingerprint density at radius 2 is 2.00 bits per heavy atom. The SMILES string of the molecule is CC(C)(C)OC(=O)N(CCC(=O)O)c1ccc(F)cc1[N+](=O)[O-]. The number of nitrogens with zero attached hydrogens (tertiary/aromatic N) is 2. The molecule has 0 unspecified atom stereocenters. The zero-order valence-corrected chi connectivity index (χ0v) is 12.9. The van der Waals surface area contributed by atoms with Gasteiger partial charge in [-0.3, -0.25) is 19.8 Å². The normalized spacial score (nSPS) is 11.0. The van der Waals surface area contributed by atoms with Crippen LogP contribution in [0.25, 0.3) is 0 Å². The Morgan fingerprint density at radius 3 is 2.48 bits per heavy atom. The van der Waals surface area contributed by atoms with Gasteiger partial charge in [-0.15, -0.1) is 0 Å². The lowest BCUT2D eigenvalue weighted by Crippen LogP contribution is -2.38. The van der Waals surface area contributed by atoms with E-state index < -0.39 is 40.5 Å². The minimum Gasteiger partial charge on any atom is -0.481 e. The molecule has 0 aromatic heterocycles. The van der Waals surface area contributed by atoms with Crippen LogP contribution >= 0.6 is 0 Å². The number of halogens is 1. The van der Waals surface area contributed by atoms with E-state index in [2.05, 4.69) is 0 Å². The molecule has 0 saturated heterocycles. The van der Waals surface area contributed by atoms with Crippen LogP contribution in [-0.2, 0) is 9.53 Å². The lowest BCUT2D eigenvalue weighted by atomic mass is 10.2.